The van der Waals surface area contributed by atoms with E-state index in [0.717, 1.165) is 35.6 Å². The van der Waals surface area contributed by atoms with Gasteiger partial charge in [-0.3, -0.25) is 4.79 Å². The number of nitrogens with zero attached hydrogens (tertiary/aromatic N) is 1. The molecule has 1 N–H and O–H groups in total. The Kier molecular flexibility index (Phi) is 5.46. The summed E-state index contributed by atoms with van der Waals surface area (Å²) in [6.45, 7) is 7.25. The molecule has 1 amide bonds. The van der Waals surface area contributed by atoms with Crippen molar-refractivity contribution in [2.24, 2.45) is 16.3 Å². The summed E-state index contributed by atoms with van der Waals surface area (Å²) in [7, 11) is 0. The van der Waals surface area contributed by atoms with Crippen LogP contribution in [0.3, 0.4) is 0 Å². The number of hydrogen-bond acceptors (Lipinski definition) is 5. The fourth-order valence-corrected chi connectivity index (χ4v) is 5.06. The molecule has 0 aromatic carbocycles. The summed E-state index contributed by atoms with van der Waals surface area (Å²) in [5, 5.41) is 3.74. The van der Waals surface area contributed by atoms with E-state index in [1.807, 2.05) is 24.3 Å². The molecule has 3 aromatic heterocycles. The summed E-state index contributed by atoms with van der Waals surface area (Å²) in [6.07, 6.45) is 7.91. The van der Waals surface area contributed by atoms with E-state index < -0.39 is 0 Å². The van der Waals surface area contributed by atoms with E-state index in [4.69, 9.17) is 8.83 Å². The number of fused-ring (bicyclic) bond motifs is 1. The van der Waals surface area contributed by atoms with Crippen molar-refractivity contribution < 1.29 is 13.6 Å². The van der Waals surface area contributed by atoms with Gasteiger partial charge in [-0.25, -0.2) is 4.99 Å². The third-order valence-corrected chi connectivity index (χ3v) is 6.72. The van der Waals surface area contributed by atoms with E-state index >= 15 is 0 Å². The van der Waals surface area contributed by atoms with Gasteiger partial charge < -0.3 is 14.2 Å². The van der Waals surface area contributed by atoms with Crippen LogP contribution in [0.2, 0.25) is 0 Å². The lowest BCUT2D eigenvalue weighted by Gasteiger charge is -2.33. The maximum Gasteiger partial charge on any atom is 0.255 e. The average molecular weight is 411 g/mol. The Morgan fingerprint density at radius 1 is 1.28 bits per heavy atom. The molecule has 4 rings (SSSR count). The highest BCUT2D eigenvalue weighted by Gasteiger charge is 2.33. The first-order chi connectivity index (χ1) is 13.9. The minimum absolute atomic E-state index is 0.0975. The third-order valence-electron chi connectivity index (χ3n) is 5.55. The quantitative estimate of drug-likeness (QED) is 0.543. The molecule has 29 heavy (non-hydrogen) atoms. The van der Waals surface area contributed by atoms with Crippen LogP contribution in [-0.2, 0) is 19.4 Å². The second-order valence-electron chi connectivity index (χ2n) is 8.53. The molecule has 0 saturated heterocycles. The summed E-state index contributed by atoms with van der Waals surface area (Å²) >= 11 is 1.63. The predicted octanol–water partition coefficient (Wildman–Crippen LogP) is 5.77. The minimum atomic E-state index is -0.0975. The van der Waals surface area contributed by atoms with Gasteiger partial charge in [-0.1, -0.05) is 20.8 Å². The van der Waals surface area contributed by atoms with E-state index in [2.05, 4.69) is 31.1 Å². The lowest BCUT2D eigenvalue weighted by Crippen LogP contribution is -2.28. The van der Waals surface area contributed by atoms with Crippen molar-refractivity contribution in [2.45, 2.75) is 46.6 Å². The van der Waals surface area contributed by atoms with E-state index in [1.165, 1.54) is 4.88 Å². The Morgan fingerprint density at radius 2 is 2.07 bits per heavy atom. The average Bonchev–Trinajstić information content (AvgIpc) is 3.43. The number of hydrogen-bond donors (Lipinski definition) is 1. The smallest absolute Gasteiger partial charge is 0.255 e. The molecule has 1 atom stereocenters. The second-order valence-corrected chi connectivity index (χ2v) is 9.61. The maximum atomic E-state index is 13.1. The number of carbonyl (C=O) groups is 1. The van der Waals surface area contributed by atoms with E-state index in [-0.39, 0.29) is 11.3 Å². The Labute approximate surface area is 174 Å². The minimum Gasteiger partial charge on any atom is -0.467 e. The van der Waals surface area contributed by atoms with Crippen LogP contribution < -0.4 is 5.32 Å². The molecule has 0 fully saturated rings. The fourth-order valence-electron chi connectivity index (χ4n) is 3.79. The van der Waals surface area contributed by atoms with Crippen LogP contribution in [0.25, 0.3) is 0 Å². The Morgan fingerprint density at radius 3 is 2.76 bits per heavy atom. The lowest BCUT2D eigenvalue weighted by molar-refractivity contribution is 0.0947. The lowest BCUT2D eigenvalue weighted by atomic mass is 9.72. The molecule has 3 heterocycles. The van der Waals surface area contributed by atoms with Crippen LogP contribution in [0.15, 0.2) is 50.6 Å². The summed E-state index contributed by atoms with van der Waals surface area (Å²) in [6, 6.07) is 7.35. The molecule has 3 aromatic rings. The molecule has 5 nitrogen and oxygen atoms in total. The van der Waals surface area contributed by atoms with Gasteiger partial charge in [0.25, 0.3) is 5.91 Å². The van der Waals surface area contributed by atoms with Gasteiger partial charge >= 0.3 is 0 Å². The van der Waals surface area contributed by atoms with Crippen molar-refractivity contribution in [3.63, 3.8) is 0 Å². The van der Waals surface area contributed by atoms with Gasteiger partial charge in [0.1, 0.15) is 16.5 Å². The number of amides is 1. The first-order valence-electron chi connectivity index (χ1n) is 9.94. The largest absolute Gasteiger partial charge is 0.467 e. The summed E-state index contributed by atoms with van der Waals surface area (Å²) < 4.78 is 10.7. The van der Waals surface area contributed by atoms with Gasteiger partial charge in [-0.2, -0.15) is 0 Å². The van der Waals surface area contributed by atoms with Crippen molar-refractivity contribution in [1.82, 2.24) is 5.32 Å². The molecule has 1 aliphatic carbocycles. The molecule has 0 aliphatic heterocycles. The van der Waals surface area contributed by atoms with Crippen LogP contribution in [0, 0.1) is 11.3 Å². The zero-order valence-corrected chi connectivity index (χ0v) is 17.8. The van der Waals surface area contributed by atoms with Crippen molar-refractivity contribution in [1.29, 1.82) is 0 Å². The van der Waals surface area contributed by atoms with Crippen LogP contribution in [-0.4, -0.2) is 12.1 Å². The molecule has 0 unspecified atom stereocenters. The number of rotatable bonds is 5. The van der Waals surface area contributed by atoms with Crippen LogP contribution in [0.5, 0.6) is 0 Å². The highest BCUT2D eigenvalue weighted by molar-refractivity contribution is 7.16. The molecule has 0 radical (unpaired) electrons. The van der Waals surface area contributed by atoms with E-state index in [9.17, 15) is 4.79 Å². The molecular formula is C23H26N2O3S. The van der Waals surface area contributed by atoms with Crippen LogP contribution >= 0.6 is 11.3 Å². The van der Waals surface area contributed by atoms with Crippen molar-refractivity contribution >= 4 is 28.5 Å². The number of carbonyl (C=O) groups excluding carboxylic acids is 1. The Balaban J connectivity index is 1.64. The number of thiophene rings is 1. The highest BCUT2D eigenvalue weighted by atomic mass is 32.1. The van der Waals surface area contributed by atoms with Gasteiger partial charge in [0.15, 0.2) is 0 Å². The molecule has 0 saturated carbocycles. The Bertz CT molecular complexity index is 992. The second kappa shape index (κ2) is 8.03. The normalized spacial score (nSPS) is 16.9. The molecule has 152 valence electrons. The van der Waals surface area contributed by atoms with Crippen molar-refractivity contribution in [3.8, 4) is 0 Å². The molecular weight excluding hydrogens is 384 g/mol. The summed E-state index contributed by atoms with van der Waals surface area (Å²) in [4.78, 5) is 19.0. The van der Waals surface area contributed by atoms with Gasteiger partial charge in [0.05, 0.1) is 30.8 Å². The topological polar surface area (TPSA) is 67.7 Å². The zero-order valence-electron chi connectivity index (χ0n) is 17.0. The first kappa shape index (κ1) is 19.7. The first-order valence-corrected chi connectivity index (χ1v) is 10.8. The summed E-state index contributed by atoms with van der Waals surface area (Å²) in [5.74, 6) is 1.91. The standard InChI is InChI=1S/C23H26N2O3S/c1-23(2,3)15-8-9-18-19(12-15)29-22(25-14-17-7-5-11-28-17)20(18)21(26)24-13-16-6-4-10-27-16/h4-7,10-11,14-15H,8-9,12-13H2,1-3H3,(H,24,26)/t15-/m0/s1. The molecule has 6 heteroatoms. The van der Waals surface area contributed by atoms with Gasteiger partial charge in [-0.15, -0.1) is 11.3 Å². The molecule has 0 bridgehead atoms. The van der Waals surface area contributed by atoms with Crippen molar-refractivity contribution in [2.75, 3.05) is 0 Å². The van der Waals surface area contributed by atoms with E-state index in [0.29, 0.717) is 23.8 Å². The highest BCUT2D eigenvalue weighted by Crippen LogP contribution is 2.45. The monoisotopic (exact) mass is 410 g/mol. The van der Waals surface area contributed by atoms with Gasteiger partial charge in [0, 0.05) is 4.88 Å². The zero-order chi connectivity index (χ0) is 20.4. The fraction of sp³-hybridized carbons (Fsp3) is 0.391. The van der Waals surface area contributed by atoms with E-state index in [1.54, 1.807) is 30.1 Å². The maximum absolute atomic E-state index is 13.1. The van der Waals surface area contributed by atoms with Gasteiger partial charge in [-0.05, 0) is 60.4 Å². The SMILES string of the molecule is CC(C)(C)[C@H]1CCc2c(sc(N=Cc3ccco3)c2C(=O)NCc2ccco2)C1. The molecule has 1 aliphatic rings. The third kappa shape index (κ3) is 4.37. The van der Waals surface area contributed by atoms with Crippen LogP contribution in [0.4, 0.5) is 5.00 Å². The number of aliphatic imine (C=N–C) groups is 1. The van der Waals surface area contributed by atoms with Crippen LogP contribution in [0.1, 0.15) is 59.5 Å². The Hall–Kier alpha value is -2.60. The van der Waals surface area contributed by atoms with Gasteiger partial charge in [0.2, 0.25) is 0 Å². The number of furan rings is 2. The predicted molar refractivity (Wildman–Crippen MR) is 115 cm³/mol. The number of nitrogens with one attached hydrogen (secondary N) is 1. The summed E-state index contributed by atoms with van der Waals surface area (Å²) in [5.41, 5.74) is 2.10. The van der Waals surface area contributed by atoms with Crippen molar-refractivity contribution in [3.05, 3.63) is 64.3 Å². The molecule has 0 spiro atoms.